The third-order valence-electron chi connectivity index (χ3n) is 4.20. The highest BCUT2D eigenvalue weighted by Gasteiger charge is 2.15. The number of anilines is 1. The van der Waals surface area contributed by atoms with E-state index in [4.69, 9.17) is 5.41 Å². The molecule has 0 atom stereocenters. The zero-order chi connectivity index (χ0) is 16.8. The van der Waals surface area contributed by atoms with E-state index in [-0.39, 0.29) is 0 Å². The summed E-state index contributed by atoms with van der Waals surface area (Å²) in [5.41, 5.74) is 4.45. The topological polar surface area (TPSA) is 27.1 Å². The standard InChI is InChI=1S/C22H22N2/c1-18-10-8-9-15-21(18)22(23)24(20-13-6-3-7-14-20)17-16-19-11-4-2-5-12-19/h2-15,23H,16-17H2,1H3. The molecule has 0 aliphatic heterocycles. The quantitative estimate of drug-likeness (QED) is 0.516. The largest absolute Gasteiger partial charge is 0.326 e. The van der Waals surface area contributed by atoms with Gasteiger partial charge in [-0.25, -0.2) is 0 Å². The molecule has 0 fully saturated rings. The number of hydrogen-bond acceptors (Lipinski definition) is 1. The summed E-state index contributed by atoms with van der Waals surface area (Å²) in [7, 11) is 0. The second-order valence-electron chi connectivity index (χ2n) is 5.89. The Hall–Kier alpha value is -2.87. The van der Waals surface area contributed by atoms with Crippen LogP contribution in [0.2, 0.25) is 0 Å². The number of nitrogens with one attached hydrogen (secondary N) is 1. The number of amidine groups is 1. The molecular formula is C22H22N2. The summed E-state index contributed by atoms with van der Waals surface area (Å²) in [6, 6.07) is 28.7. The summed E-state index contributed by atoms with van der Waals surface area (Å²) in [6.07, 6.45) is 0.907. The molecule has 0 amide bonds. The molecule has 0 bridgehead atoms. The van der Waals surface area contributed by atoms with Crippen LogP contribution >= 0.6 is 0 Å². The van der Waals surface area contributed by atoms with Crippen molar-refractivity contribution < 1.29 is 0 Å². The first-order valence-electron chi connectivity index (χ1n) is 8.27. The minimum Gasteiger partial charge on any atom is -0.326 e. The molecule has 0 aliphatic carbocycles. The van der Waals surface area contributed by atoms with Gasteiger partial charge in [0.25, 0.3) is 0 Å². The van der Waals surface area contributed by atoms with Crippen molar-refractivity contribution in [1.29, 1.82) is 5.41 Å². The molecule has 0 unspecified atom stereocenters. The van der Waals surface area contributed by atoms with Crippen LogP contribution in [0, 0.1) is 12.3 Å². The third-order valence-corrected chi connectivity index (χ3v) is 4.20. The van der Waals surface area contributed by atoms with Crippen LogP contribution in [0.15, 0.2) is 84.9 Å². The molecular weight excluding hydrogens is 292 g/mol. The molecule has 120 valence electrons. The molecule has 2 nitrogen and oxygen atoms in total. The van der Waals surface area contributed by atoms with Crippen molar-refractivity contribution in [3.05, 3.63) is 102 Å². The minimum absolute atomic E-state index is 0.551. The van der Waals surface area contributed by atoms with Gasteiger partial charge < -0.3 is 4.90 Å². The van der Waals surface area contributed by atoms with Crippen LogP contribution in [-0.4, -0.2) is 12.4 Å². The van der Waals surface area contributed by atoms with Gasteiger partial charge in [0.2, 0.25) is 0 Å². The van der Waals surface area contributed by atoms with Crippen LogP contribution in [-0.2, 0) is 6.42 Å². The summed E-state index contributed by atoms with van der Waals surface area (Å²) in [6.45, 7) is 2.84. The van der Waals surface area contributed by atoms with Gasteiger partial charge in [0, 0.05) is 17.8 Å². The molecule has 2 heteroatoms. The Balaban J connectivity index is 1.88. The number of nitrogens with zero attached hydrogens (tertiary/aromatic N) is 1. The van der Waals surface area contributed by atoms with Gasteiger partial charge in [-0.05, 0) is 36.6 Å². The molecule has 3 rings (SSSR count). The van der Waals surface area contributed by atoms with E-state index in [0.717, 1.165) is 29.8 Å². The van der Waals surface area contributed by atoms with E-state index < -0.39 is 0 Å². The highest BCUT2D eigenvalue weighted by molar-refractivity contribution is 6.08. The fourth-order valence-electron chi connectivity index (χ4n) is 2.85. The number of rotatable bonds is 5. The fraction of sp³-hybridized carbons (Fsp3) is 0.136. The van der Waals surface area contributed by atoms with Crippen LogP contribution in [0.4, 0.5) is 5.69 Å². The van der Waals surface area contributed by atoms with Crippen LogP contribution in [0.1, 0.15) is 16.7 Å². The lowest BCUT2D eigenvalue weighted by atomic mass is 10.1. The molecule has 1 N–H and O–H groups in total. The zero-order valence-corrected chi connectivity index (χ0v) is 13.9. The summed E-state index contributed by atoms with van der Waals surface area (Å²) < 4.78 is 0. The van der Waals surface area contributed by atoms with Gasteiger partial charge >= 0.3 is 0 Å². The van der Waals surface area contributed by atoms with Gasteiger partial charge in [-0.2, -0.15) is 0 Å². The number of para-hydroxylation sites is 1. The maximum atomic E-state index is 8.76. The van der Waals surface area contributed by atoms with Gasteiger partial charge in [-0.1, -0.05) is 72.8 Å². The molecule has 24 heavy (non-hydrogen) atoms. The van der Waals surface area contributed by atoms with Crippen molar-refractivity contribution in [3.8, 4) is 0 Å². The Labute approximate surface area is 143 Å². The van der Waals surface area contributed by atoms with Crippen molar-refractivity contribution in [1.82, 2.24) is 0 Å². The lowest BCUT2D eigenvalue weighted by molar-refractivity contribution is 0.928. The number of hydrogen-bond donors (Lipinski definition) is 1. The second-order valence-corrected chi connectivity index (χ2v) is 5.89. The normalized spacial score (nSPS) is 10.4. The molecule has 0 saturated heterocycles. The van der Waals surface area contributed by atoms with E-state index in [1.807, 2.05) is 42.5 Å². The Morgan fingerprint density at radius 3 is 2.04 bits per heavy atom. The highest BCUT2D eigenvalue weighted by Crippen LogP contribution is 2.19. The van der Waals surface area contributed by atoms with E-state index in [1.165, 1.54) is 5.56 Å². The summed E-state index contributed by atoms with van der Waals surface area (Å²) in [4.78, 5) is 2.09. The summed E-state index contributed by atoms with van der Waals surface area (Å²) in [5.74, 6) is 0.551. The van der Waals surface area contributed by atoms with Crippen LogP contribution in [0.25, 0.3) is 0 Å². The first-order chi connectivity index (χ1) is 11.8. The Morgan fingerprint density at radius 2 is 1.38 bits per heavy atom. The molecule has 3 aromatic carbocycles. The van der Waals surface area contributed by atoms with E-state index in [0.29, 0.717) is 5.84 Å². The molecule has 0 saturated carbocycles. The monoisotopic (exact) mass is 314 g/mol. The Morgan fingerprint density at radius 1 is 0.792 bits per heavy atom. The summed E-state index contributed by atoms with van der Waals surface area (Å²) >= 11 is 0. The highest BCUT2D eigenvalue weighted by atomic mass is 15.2. The Bertz CT molecular complexity index is 794. The van der Waals surface area contributed by atoms with Gasteiger partial charge in [0.1, 0.15) is 5.84 Å². The molecule has 0 aliphatic rings. The first kappa shape index (κ1) is 16.0. The van der Waals surface area contributed by atoms with Crippen LogP contribution < -0.4 is 4.90 Å². The van der Waals surface area contributed by atoms with Gasteiger partial charge in [0.05, 0.1) is 0 Å². The van der Waals surface area contributed by atoms with Crippen molar-refractivity contribution >= 4 is 11.5 Å². The SMILES string of the molecule is Cc1ccccc1C(=N)N(CCc1ccccc1)c1ccccc1. The van der Waals surface area contributed by atoms with Gasteiger partial charge in [0.15, 0.2) is 0 Å². The fourth-order valence-corrected chi connectivity index (χ4v) is 2.85. The molecule has 0 aromatic heterocycles. The first-order valence-corrected chi connectivity index (χ1v) is 8.27. The average molecular weight is 314 g/mol. The predicted octanol–water partition coefficient (Wildman–Crippen LogP) is 5.07. The van der Waals surface area contributed by atoms with Crippen molar-refractivity contribution in [2.75, 3.05) is 11.4 Å². The van der Waals surface area contributed by atoms with E-state index in [2.05, 4.69) is 54.3 Å². The van der Waals surface area contributed by atoms with E-state index in [1.54, 1.807) is 0 Å². The zero-order valence-electron chi connectivity index (χ0n) is 13.9. The van der Waals surface area contributed by atoms with Crippen LogP contribution in [0.3, 0.4) is 0 Å². The molecule has 0 radical (unpaired) electrons. The van der Waals surface area contributed by atoms with Crippen molar-refractivity contribution in [3.63, 3.8) is 0 Å². The van der Waals surface area contributed by atoms with Gasteiger partial charge in [-0.15, -0.1) is 0 Å². The maximum absolute atomic E-state index is 8.76. The van der Waals surface area contributed by atoms with E-state index >= 15 is 0 Å². The Kier molecular flexibility index (Phi) is 5.07. The number of aryl methyl sites for hydroxylation is 1. The maximum Gasteiger partial charge on any atom is 0.132 e. The second kappa shape index (κ2) is 7.60. The average Bonchev–Trinajstić information content (AvgIpc) is 2.64. The van der Waals surface area contributed by atoms with E-state index in [9.17, 15) is 0 Å². The smallest absolute Gasteiger partial charge is 0.132 e. The van der Waals surface area contributed by atoms with Crippen molar-refractivity contribution in [2.45, 2.75) is 13.3 Å². The molecule has 0 spiro atoms. The predicted molar refractivity (Wildman–Crippen MR) is 102 cm³/mol. The van der Waals surface area contributed by atoms with Crippen LogP contribution in [0.5, 0.6) is 0 Å². The number of benzene rings is 3. The third kappa shape index (κ3) is 3.72. The molecule has 0 heterocycles. The molecule has 3 aromatic rings. The van der Waals surface area contributed by atoms with Gasteiger partial charge in [-0.3, -0.25) is 5.41 Å². The lowest BCUT2D eigenvalue weighted by Crippen LogP contribution is -2.33. The van der Waals surface area contributed by atoms with Crippen molar-refractivity contribution in [2.24, 2.45) is 0 Å². The minimum atomic E-state index is 0.551. The lowest BCUT2D eigenvalue weighted by Gasteiger charge is -2.26. The summed E-state index contributed by atoms with van der Waals surface area (Å²) in [5, 5.41) is 8.76.